The van der Waals surface area contributed by atoms with Crippen molar-refractivity contribution in [3.63, 3.8) is 0 Å². The Morgan fingerprint density at radius 3 is 3.19 bits per heavy atom. The lowest BCUT2D eigenvalue weighted by Gasteiger charge is -2.35. The molecule has 0 bridgehead atoms. The molecule has 2 aliphatic rings. The van der Waals surface area contributed by atoms with Gasteiger partial charge in [0.2, 0.25) is 0 Å². The van der Waals surface area contributed by atoms with Crippen molar-refractivity contribution < 1.29 is 0 Å². The summed E-state index contributed by atoms with van der Waals surface area (Å²) in [5.74, 6) is 1.79. The van der Waals surface area contributed by atoms with Crippen molar-refractivity contribution in [2.45, 2.75) is 38.4 Å². The molecule has 2 atom stereocenters. The highest BCUT2D eigenvalue weighted by atomic mass is 15.3. The van der Waals surface area contributed by atoms with Gasteiger partial charge in [-0.3, -0.25) is 4.90 Å². The van der Waals surface area contributed by atoms with E-state index in [1.807, 2.05) is 6.33 Å². The first-order valence-corrected chi connectivity index (χ1v) is 6.19. The molecule has 1 saturated carbocycles. The lowest BCUT2D eigenvalue weighted by atomic mass is 10.0. The number of hydrogen-bond donors (Lipinski definition) is 1. The van der Waals surface area contributed by atoms with E-state index < -0.39 is 0 Å². The van der Waals surface area contributed by atoms with Crippen LogP contribution >= 0.6 is 0 Å². The molecular weight excluding hydrogens is 202 g/mol. The van der Waals surface area contributed by atoms with E-state index in [0.29, 0.717) is 12.0 Å². The Labute approximate surface area is 95.6 Å². The van der Waals surface area contributed by atoms with Gasteiger partial charge in [0.1, 0.15) is 12.2 Å². The first-order chi connectivity index (χ1) is 7.88. The summed E-state index contributed by atoms with van der Waals surface area (Å²) < 4.78 is 2.16. The van der Waals surface area contributed by atoms with Crippen LogP contribution in [-0.4, -0.2) is 38.8 Å². The van der Waals surface area contributed by atoms with E-state index in [4.69, 9.17) is 5.73 Å². The highest BCUT2D eigenvalue weighted by Crippen LogP contribution is 2.30. The molecule has 0 aromatic carbocycles. The second kappa shape index (κ2) is 4.14. The molecule has 1 aromatic rings. The minimum absolute atomic E-state index is 0.676. The molecule has 0 saturated heterocycles. The SMILES string of the molecule is NCC1CCCC1N1CCn2cnnc2C1. The van der Waals surface area contributed by atoms with Gasteiger partial charge in [0.05, 0.1) is 6.54 Å². The molecule has 1 aromatic heterocycles. The van der Waals surface area contributed by atoms with Gasteiger partial charge in [-0.05, 0) is 25.3 Å². The molecule has 2 heterocycles. The summed E-state index contributed by atoms with van der Waals surface area (Å²) in [6.45, 7) is 3.91. The van der Waals surface area contributed by atoms with Crippen LogP contribution in [-0.2, 0) is 13.1 Å². The molecular formula is C11H19N5. The van der Waals surface area contributed by atoms with Crippen LogP contribution < -0.4 is 5.73 Å². The first kappa shape index (κ1) is 10.2. The molecule has 3 rings (SSSR count). The topological polar surface area (TPSA) is 60.0 Å². The van der Waals surface area contributed by atoms with Gasteiger partial charge < -0.3 is 10.3 Å². The van der Waals surface area contributed by atoms with Gasteiger partial charge in [0, 0.05) is 19.1 Å². The summed E-state index contributed by atoms with van der Waals surface area (Å²) in [4.78, 5) is 2.55. The Kier molecular flexibility index (Phi) is 2.65. The molecule has 1 aliphatic heterocycles. The summed E-state index contributed by atoms with van der Waals surface area (Å²) in [7, 11) is 0. The van der Waals surface area contributed by atoms with E-state index in [-0.39, 0.29) is 0 Å². The summed E-state index contributed by atoms with van der Waals surface area (Å²) in [6.07, 6.45) is 5.76. The number of nitrogens with zero attached hydrogens (tertiary/aromatic N) is 4. The summed E-state index contributed by atoms with van der Waals surface area (Å²) in [6, 6.07) is 0.676. The van der Waals surface area contributed by atoms with Crippen molar-refractivity contribution in [1.29, 1.82) is 0 Å². The molecule has 0 amide bonds. The van der Waals surface area contributed by atoms with E-state index in [2.05, 4.69) is 19.7 Å². The summed E-state index contributed by atoms with van der Waals surface area (Å²) >= 11 is 0. The zero-order valence-electron chi connectivity index (χ0n) is 9.55. The standard InChI is InChI=1S/C11H19N5/c12-6-9-2-1-3-10(9)15-4-5-16-8-13-14-11(16)7-15/h8-10H,1-7,12H2. The second-order valence-corrected chi connectivity index (χ2v) is 4.91. The lowest BCUT2D eigenvalue weighted by molar-refractivity contribution is 0.125. The number of fused-ring (bicyclic) bond motifs is 1. The maximum absolute atomic E-state index is 5.85. The fraction of sp³-hybridized carbons (Fsp3) is 0.818. The van der Waals surface area contributed by atoms with E-state index >= 15 is 0 Å². The van der Waals surface area contributed by atoms with Gasteiger partial charge in [-0.2, -0.15) is 0 Å². The van der Waals surface area contributed by atoms with Crippen LogP contribution in [0.15, 0.2) is 6.33 Å². The van der Waals surface area contributed by atoms with Crippen molar-refractivity contribution in [2.75, 3.05) is 13.1 Å². The Bertz CT molecular complexity index is 361. The predicted octanol–water partition coefficient (Wildman–Crippen LogP) is 0.221. The Balaban J connectivity index is 1.73. The molecule has 5 nitrogen and oxygen atoms in total. The molecule has 1 fully saturated rings. The lowest BCUT2D eigenvalue weighted by Crippen LogP contribution is -2.44. The largest absolute Gasteiger partial charge is 0.330 e. The monoisotopic (exact) mass is 221 g/mol. The van der Waals surface area contributed by atoms with Gasteiger partial charge in [-0.15, -0.1) is 10.2 Å². The van der Waals surface area contributed by atoms with Crippen molar-refractivity contribution in [1.82, 2.24) is 19.7 Å². The van der Waals surface area contributed by atoms with E-state index in [0.717, 1.165) is 32.0 Å². The van der Waals surface area contributed by atoms with Crippen molar-refractivity contribution in [3.05, 3.63) is 12.2 Å². The van der Waals surface area contributed by atoms with Crippen LogP contribution in [0.4, 0.5) is 0 Å². The average molecular weight is 221 g/mol. The number of hydrogen-bond acceptors (Lipinski definition) is 4. The van der Waals surface area contributed by atoms with Gasteiger partial charge >= 0.3 is 0 Å². The summed E-state index contributed by atoms with van der Waals surface area (Å²) in [5.41, 5.74) is 5.85. The van der Waals surface area contributed by atoms with Gasteiger partial charge in [-0.25, -0.2) is 0 Å². The minimum Gasteiger partial charge on any atom is -0.330 e. The predicted molar refractivity (Wildman–Crippen MR) is 60.6 cm³/mol. The first-order valence-electron chi connectivity index (χ1n) is 6.19. The zero-order chi connectivity index (χ0) is 11.0. The van der Waals surface area contributed by atoms with Gasteiger partial charge in [-0.1, -0.05) is 6.42 Å². The van der Waals surface area contributed by atoms with Crippen LogP contribution in [0.2, 0.25) is 0 Å². The van der Waals surface area contributed by atoms with Crippen LogP contribution in [0.25, 0.3) is 0 Å². The zero-order valence-corrected chi connectivity index (χ0v) is 9.55. The van der Waals surface area contributed by atoms with E-state index in [1.54, 1.807) is 0 Å². The maximum Gasteiger partial charge on any atom is 0.147 e. The molecule has 88 valence electrons. The molecule has 5 heteroatoms. The number of nitrogens with two attached hydrogens (primary N) is 1. The molecule has 0 spiro atoms. The molecule has 1 aliphatic carbocycles. The van der Waals surface area contributed by atoms with Gasteiger partial charge in [0.15, 0.2) is 0 Å². The van der Waals surface area contributed by atoms with Crippen LogP contribution in [0.5, 0.6) is 0 Å². The smallest absolute Gasteiger partial charge is 0.147 e. The Morgan fingerprint density at radius 2 is 2.31 bits per heavy atom. The molecule has 2 N–H and O–H groups in total. The van der Waals surface area contributed by atoms with Crippen LogP contribution in [0, 0.1) is 5.92 Å². The highest BCUT2D eigenvalue weighted by molar-refractivity contribution is 4.94. The van der Waals surface area contributed by atoms with Crippen LogP contribution in [0.3, 0.4) is 0 Å². The third kappa shape index (κ3) is 1.64. The van der Waals surface area contributed by atoms with Crippen molar-refractivity contribution in [3.8, 4) is 0 Å². The normalized spacial score (nSPS) is 30.6. The van der Waals surface area contributed by atoms with Crippen LogP contribution in [0.1, 0.15) is 25.1 Å². The third-order valence-corrected chi connectivity index (χ3v) is 4.06. The quantitative estimate of drug-likeness (QED) is 0.776. The van der Waals surface area contributed by atoms with Gasteiger partial charge in [0.25, 0.3) is 0 Å². The third-order valence-electron chi connectivity index (χ3n) is 4.06. The Morgan fingerprint density at radius 1 is 1.38 bits per heavy atom. The fourth-order valence-corrected chi connectivity index (χ4v) is 3.14. The second-order valence-electron chi connectivity index (χ2n) is 4.91. The van der Waals surface area contributed by atoms with Crippen molar-refractivity contribution in [2.24, 2.45) is 11.7 Å². The van der Waals surface area contributed by atoms with E-state index in [1.165, 1.54) is 19.3 Å². The van der Waals surface area contributed by atoms with E-state index in [9.17, 15) is 0 Å². The fourth-order valence-electron chi connectivity index (χ4n) is 3.14. The maximum atomic E-state index is 5.85. The average Bonchev–Trinajstić information content (AvgIpc) is 2.96. The minimum atomic E-state index is 0.676. The number of rotatable bonds is 2. The highest BCUT2D eigenvalue weighted by Gasteiger charge is 2.33. The summed E-state index contributed by atoms with van der Waals surface area (Å²) in [5, 5.41) is 8.13. The van der Waals surface area contributed by atoms with Crippen molar-refractivity contribution >= 4 is 0 Å². The molecule has 2 unspecified atom stereocenters. The number of aromatic nitrogens is 3. The molecule has 0 radical (unpaired) electrons. The Hall–Kier alpha value is -0.940. The molecule has 16 heavy (non-hydrogen) atoms.